The van der Waals surface area contributed by atoms with Crippen molar-refractivity contribution in [2.75, 3.05) is 25.6 Å². The molecule has 0 amide bonds. The molecule has 0 unspecified atom stereocenters. The molecule has 1 aliphatic rings. The Morgan fingerprint density at radius 1 is 1.20 bits per heavy atom. The van der Waals surface area contributed by atoms with Crippen molar-refractivity contribution in [2.24, 2.45) is 5.16 Å². The summed E-state index contributed by atoms with van der Waals surface area (Å²) in [5.74, 6) is 4.43. The van der Waals surface area contributed by atoms with Crippen molar-refractivity contribution in [3.63, 3.8) is 0 Å². The van der Waals surface area contributed by atoms with Crippen molar-refractivity contribution in [1.29, 1.82) is 0 Å². The lowest BCUT2D eigenvalue weighted by Gasteiger charge is -2.13. The van der Waals surface area contributed by atoms with Gasteiger partial charge in [0, 0.05) is 49.0 Å². The zero-order chi connectivity index (χ0) is 20.9. The predicted molar refractivity (Wildman–Crippen MR) is 118 cm³/mol. The van der Waals surface area contributed by atoms with Crippen LogP contribution in [-0.4, -0.2) is 40.7 Å². The zero-order valence-corrected chi connectivity index (χ0v) is 17.5. The van der Waals surface area contributed by atoms with Crippen LogP contribution < -0.4 is 5.32 Å². The number of hydrogen-bond donors (Lipinski definition) is 1. The van der Waals surface area contributed by atoms with Crippen LogP contribution in [0, 0.1) is 0 Å². The molecule has 0 aliphatic carbocycles. The van der Waals surface area contributed by atoms with Crippen LogP contribution in [0.25, 0.3) is 16.7 Å². The lowest BCUT2D eigenvalue weighted by Crippen LogP contribution is -2.11. The minimum Gasteiger partial charge on any atom is -0.385 e. The van der Waals surface area contributed by atoms with Gasteiger partial charge in [-0.15, -0.1) is 0 Å². The van der Waals surface area contributed by atoms with E-state index in [-0.39, 0.29) is 0 Å². The maximum absolute atomic E-state index is 5.33. The molecule has 0 bridgehead atoms. The quantitative estimate of drug-likeness (QED) is 0.570. The summed E-state index contributed by atoms with van der Waals surface area (Å²) in [7, 11) is 1.71. The average molecular weight is 403 g/mol. The molecule has 0 saturated heterocycles. The first-order valence-corrected chi connectivity index (χ1v) is 9.98. The van der Waals surface area contributed by atoms with Crippen molar-refractivity contribution in [3.05, 3.63) is 65.1 Å². The fraction of sp³-hybridized carbons (Fsp3) is 0.304. The van der Waals surface area contributed by atoms with Crippen molar-refractivity contribution in [2.45, 2.75) is 26.8 Å². The van der Waals surface area contributed by atoms with Crippen LogP contribution in [0.5, 0.6) is 0 Å². The molecule has 2 aromatic heterocycles. The van der Waals surface area contributed by atoms with Gasteiger partial charge >= 0.3 is 0 Å². The van der Waals surface area contributed by atoms with E-state index in [1.807, 2.05) is 38.2 Å². The minimum absolute atomic E-state index is 0.694. The summed E-state index contributed by atoms with van der Waals surface area (Å²) in [4.78, 5) is 14.7. The van der Waals surface area contributed by atoms with Gasteiger partial charge in [-0.25, -0.2) is 4.98 Å². The third-order valence-corrected chi connectivity index (χ3v) is 5.01. The van der Waals surface area contributed by atoms with Gasteiger partial charge in [0.05, 0.1) is 12.1 Å². The predicted octanol–water partition coefficient (Wildman–Crippen LogP) is 4.22. The van der Waals surface area contributed by atoms with Gasteiger partial charge in [-0.3, -0.25) is 0 Å². The van der Waals surface area contributed by atoms with Gasteiger partial charge in [0.25, 0.3) is 0 Å². The van der Waals surface area contributed by atoms with Gasteiger partial charge in [0.15, 0.2) is 5.65 Å². The van der Waals surface area contributed by atoms with Crippen LogP contribution in [0.1, 0.15) is 31.4 Å². The lowest BCUT2D eigenvalue weighted by atomic mass is 10.00. The number of nitrogens with zero attached hydrogens (tertiary/aromatic N) is 4. The Labute approximate surface area is 175 Å². The Hall–Kier alpha value is -3.41. The van der Waals surface area contributed by atoms with E-state index in [4.69, 9.17) is 14.6 Å². The Morgan fingerprint density at radius 2 is 2.03 bits per heavy atom. The molecule has 7 nitrogen and oxygen atoms in total. The summed E-state index contributed by atoms with van der Waals surface area (Å²) in [6, 6.07) is 12.5. The maximum atomic E-state index is 5.33. The highest BCUT2D eigenvalue weighted by Crippen LogP contribution is 2.30. The standard InChI is InChI=1S/C23H25N5O2/c1-16-13-26-30-17(2)21(16)19-12-20-22(25-14-19)27-23(24-10-7-11-29-3)28(20)15-18-8-5-4-6-9-18/h4-6,8-9,12,14H,7,10-11,15H2,1-3H3,(H,24,25,27). The Balaban J connectivity index is 1.76. The monoisotopic (exact) mass is 403 g/mol. The Morgan fingerprint density at radius 3 is 2.80 bits per heavy atom. The van der Waals surface area contributed by atoms with Crippen molar-refractivity contribution >= 4 is 28.6 Å². The molecular weight excluding hydrogens is 378 g/mol. The average Bonchev–Trinajstić information content (AvgIpc) is 3.09. The second kappa shape index (κ2) is 8.95. The first kappa shape index (κ1) is 19.9. The fourth-order valence-electron chi connectivity index (χ4n) is 3.57. The van der Waals surface area contributed by atoms with Gasteiger partial charge in [-0.1, -0.05) is 30.3 Å². The summed E-state index contributed by atoms with van der Waals surface area (Å²) in [5.41, 5.74) is 5.70. The third kappa shape index (κ3) is 4.13. The highest BCUT2D eigenvalue weighted by Gasteiger charge is 2.18. The molecule has 154 valence electrons. The number of benzene rings is 1. The molecule has 7 heteroatoms. The van der Waals surface area contributed by atoms with Crippen LogP contribution in [-0.2, 0) is 16.1 Å². The van der Waals surface area contributed by atoms with Crippen LogP contribution in [0.15, 0.2) is 59.1 Å². The molecule has 0 spiro atoms. The molecule has 4 rings (SSSR count). The first-order valence-electron chi connectivity index (χ1n) is 9.98. The van der Waals surface area contributed by atoms with E-state index in [9.17, 15) is 0 Å². The number of hydrogen-bond acceptors (Lipinski definition) is 6. The lowest BCUT2D eigenvalue weighted by molar-refractivity contribution is 0.197. The molecule has 0 atom stereocenters. The molecule has 0 radical (unpaired) electrons. The van der Waals surface area contributed by atoms with Crippen molar-refractivity contribution in [1.82, 2.24) is 14.5 Å². The van der Waals surface area contributed by atoms with E-state index in [1.54, 1.807) is 7.11 Å². The number of ether oxygens (including phenoxy) is 1. The number of aromatic nitrogens is 3. The van der Waals surface area contributed by atoms with Crippen molar-refractivity contribution < 1.29 is 9.57 Å². The number of pyridine rings is 1. The number of allylic oxidation sites excluding steroid dienone is 3. The number of fused-ring (bicyclic) bond motifs is 1. The highest BCUT2D eigenvalue weighted by atomic mass is 16.6. The zero-order valence-electron chi connectivity index (χ0n) is 17.5. The summed E-state index contributed by atoms with van der Waals surface area (Å²) in [6.07, 6.45) is 2.73. The summed E-state index contributed by atoms with van der Waals surface area (Å²) >= 11 is 0. The molecule has 0 fully saturated rings. The van der Waals surface area contributed by atoms with Gasteiger partial charge in [-0.2, -0.15) is 4.98 Å². The Kier molecular flexibility index (Phi) is 5.93. The van der Waals surface area contributed by atoms with Crippen LogP contribution in [0.3, 0.4) is 0 Å². The topological polar surface area (TPSA) is 73.6 Å². The second-order valence-corrected chi connectivity index (χ2v) is 7.20. The largest absolute Gasteiger partial charge is 0.385 e. The third-order valence-electron chi connectivity index (χ3n) is 5.01. The van der Waals surface area contributed by atoms with Crippen LogP contribution in [0.2, 0.25) is 0 Å². The summed E-state index contributed by atoms with van der Waals surface area (Å²) in [5, 5.41) is 7.24. The molecule has 3 heterocycles. The molecule has 1 aliphatic heterocycles. The van der Waals surface area contributed by atoms with E-state index in [2.05, 4.69) is 44.1 Å². The highest BCUT2D eigenvalue weighted by molar-refractivity contribution is 5.91. The number of anilines is 1. The van der Waals surface area contributed by atoms with Gasteiger partial charge in [0.2, 0.25) is 5.95 Å². The normalized spacial score (nSPS) is 13.5. The first-order chi connectivity index (χ1) is 14.7. The number of rotatable bonds is 8. The van der Waals surface area contributed by atoms with Gasteiger partial charge in [-0.05, 0) is 37.1 Å². The molecular formula is C23H25N5O2. The van der Waals surface area contributed by atoms with E-state index in [1.165, 1.54) is 5.56 Å². The van der Waals surface area contributed by atoms with E-state index in [0.29, 0.717) is 18.8 Å². The SMILES string of the molecule is COCCCNc1nc2ncc(C3=C(C)ON=C=C3C)cc2n1Cc1ccccc1. The fourth-order valence-corrected chi connectivity index (χ4v) is 3.57. The number of nitrogens with one attached hydrogen (secondary N) is 1. The van der Waals surface area contributed by atoms with Crippen LogP contribution >= 0.6 is 0 Å². The van der Waals surface area contributed by atoms with Crippen LogP contribution in [0.4, 0.5) is 5.95 Å². The Bertz CT molecular complexity index is 1140. The summed E-state index contributed by atoms with van der Waals surface area (Å²) in [6.45, 7) is 6.04. The number of imidazole rings is 1. The van der Waals surface area contributed by atoms with E-state index in [0.717, 1.165) is 46.9 Å². The molecule has 1 N–H and O–H groups in total. The van der Waals surface area contributed by atoms with E-state index < -0.39 is 0 Å². The van der Waals surface area contributed by atoms with Gasteiger partial charge in [0.1, 0.15) is 5.76 Å². The van der Waals surface area contributed by atoms with Crippen molar-refractivity contribution in [3.8, 4) is 0 Å². The molecule has 30 heavy (non-hydrogen) atoms. The molecule has 0 saturated carbocycles. The summed E-state index contributed by atoms with van der Waals surface area (Å²) < 4.78 is 7.32. The second-order valence-electron chi connectivity index (χ2n) is 7.20. The molecule has 1 aromatic carbocycles. The molecule has 3 aromatic rings. The number of methoxy groups -OCH3 is 1. The van der Waals surface area contributed by atoms with Gasteiger partial charge < -0.3 is 19.5 Å². The smallest absolute Gasteiger partial charge is 0.205 e. The maximum Gasteiger partial charge on any atom is 0.205 e. The minimum atomic E-state index is 0.694. The van der Waals surface area contributed by atoms with E-state index >= 15 is 0 Å².